The van der Waals surface area contributed by atoms with Crippen molar-refractivity contribution >= 4 is 5.82 Å². The molecular weight excluding hydrogens is 254 g/mol. The highest BCUT2D eigenvalue weighted by molar-refractivity contribution is 5.33. The van der Waals surface area contributed by atoms with Gasteiger partial charge in [-0.2, -0.15) is 0 Å². The van der Waals surface area contributed by atoms with Crippen LogP contribution >= 0.6 is 0 Å². The van der Waals surface area contributed by atoms with Gasteiger partial charge in [-0.25, -0.2) is 4.79 Å². The van der Waals surface area contributed by atoms with Crippen molar-refractivity contribution in [1.82, 2.24) is 9.55 Å². The lowest BCUT2D eigenvalue weighted by atomic mass is 9.93. The van der Waals surface area contributed by atoms with Gasteiger partial charge in [0.25, 0.3) is 5.56 Å². The highest BCUT2D eigenvalue weighted by Crippen LogP contribution is 2.28. The molecule has 1 saturated carbocycles. The molecule has 3 rings (SSSR count). The van der Waals surface area contributed by atoms with Crippen LogP contribution in [0.15, 0.2) is 46.0 Å². The molecule has 5 nitrogen and oxygen atoms in total. The molecule has 104 valence electrons. The third-order valence-corrected chi connectivity index (χ3v) is 3.73. The van der Waals surface area contributed by atoms with Gasteiger partial charge in [0.1, 0.15) is 5.82 Å². The molecule has 1 aliphatic rings. The SMILES string of the molecule is O=c1cc(NCc2ccccc2)[nH]c(=O)n1C1CCC1. The molecule has 1 aromatic heterocycles. The fraction of sp³-hybridized carbons (Fsp3) is 0.333. The van der Waals surface area contributed by atoms with Crippen LogP contribution in [0.25, 0.3) is 0 Å². The minimum absolute atomic E-state index is 0.0782. The Balaban J connectivity index is 1.78. The van der Waals surface area contributed by atoms with Crippen LogP contribution < -0.4 is 16.6 Å². The predicted molar refractivity (Wildman–Crippen MR) is 78.0 cm³/mol. The highest BCUT2D eigenvalue weighted by Gasteiger charge is 2.22. The Labute approximate surface area is 116 Å². The second kappa shape index (κ2) is 5.36. The van der Waals surface area contributed by atoms with E-state index in [0.29, 0.717) is 12.4 Å². The molecule has 1 aliphatic carbocycles. The number of hydrogen-bond donors (Lipinski definition) is 2. The van der Waals surface area contributed by atoms with Crippen molar-refractivity contribution in [2.45, 2.75) is 31.8 Å². The smallest absolute Gasteiger partial charge is 0.330 e. The summed E-state index contributed by atoms with van der Waals surface area (Å²) in [5.74, 6) is 0.472. The Hall–Kier alpha value is -2.30. The van der Waals surface area contributed by atoms with Crippen molar-refractivity contribution < 1.29 is 0 Å². The minimum Gasteiger partial charge on any atom is -0.367 e. The number of aromatic nitrogens is 2. The van der Waals surface area contributed by atoms with Crippen molar-refractivity contribution in [1.29, 1.82) is 0 Å². The summed E-state index contributed by atoms with van der Waals surface area (Å²) in [6.07, 6.45) is 2.92. The van der Waals surface area contributed by atoms with Crippen LogP contribution in [0.2, 0.25) is 0 Å². The number of nitrogens with zero attached hydrogens (tertiary/aromatic N) is 1. The van der Waals surface area contributed by atoms with Crippen molar-refractivity contribution in [3.05, 3.63) is 62.8 Å². The Bertz CT molecular complexity index is 668. The standard InChI is InChI=1S/C15H17N3O2/c19-14-9-13(16-10-11-5-2-1-3-6-11)17-15(20)18(14)12-7-4-8-12/h1-3,5-6,9,12,16H,4,7-8,10H2,(H,17,20). The molecule has 20 heavy (non-hydrogen) atoms. The van der Waals surface area contributed by atoms with Gasteiger partial charge in [0.15, 0.2) is 0 Å². The molecule has 5 heteroatoms. The van der Waals surface area contributed by atoms with E-state index in [9.17, 15) is 9.59 Å². The lowest BCUT2D eigenvalue weighted by molar-refractivity contribution is 0.296. The lowest BCUT2D eigenvalue weighted by Gasteiger charge is -2.26. The molecule has 0 unspecified atom stereocenters. The number of rotatable bonds is 4. The van der Waals surface area contributed by atoms with Crippen LogP contribution in [0.1, 0.15) is 30.9 Å². The third-order valence-electron chi connectivity index (χ3n) is 3.73. The van der Waals surface area contributed by atoms with Crippen LogP contribution in [-0.4, -0.2) is 9.55 Å². The quantitative estimate of drug-likeness (QED) is 0.892. The van der Waals surface area contributed by atoms with E-state index in [1.54, 1.807) is 0 Å². The summed E-state index contributed by atoms with van der Waals surface area (Å²) in [7, 11) is 0. The normalized spacial score (nSPS) is 14.8. The van der Waals surface area contributed by atoms with Crippen LogP contribution in [-0.2, 0) is 6.54 Å². The summed E-state index contributed by atoms with van der Waals surface area (Å²) in [5, 5.41) is 3.08. The van der Waals surface area contributed by atoms with Crippen LogP contribution in [0, 0.1) is 0 Å². The maximum Gasteiger partial charge on any atom is 0.330 e. The van der Waals surface area contributed by atoms with E-state index in [1.165, 1.54) is 10.6 Å². The number of nitrogens with one attached hydrogen (secondary N) is 2. The first-order valence-electron chi connectivity index (χ1n) is 6.88. The topological polar surface area (TPSA) is 66.9 Å². The largest absolute Gasteiger partial charge is 0.367 e. The summed E-state index contributed by atoms with van der Waals surface area (Å²) in [5.41, 5.74) is 0.545. The summed E-state index contributed by atoms with van der Waals surface area (Å²) < 4.78 is 1.33. The first-order valence-corrected chi connectivity index (χ1v) is 6.88. The minimum atomic E-state index is -0.322. The molecule has 0 bridgehead atoms. The van der Waals surface area contributed by atoms with Gasteiger partial charge in [0.05, 0.1) is 0 Å². The van der Waals surface area contributed by atoms with Gasteiger partial charge in [-0.15, -0.1) is 0 Å². The average molecular weight is 271 g/mol. The van der Waals surface area contributed by atoms with Gasteiger partial charge in [0.2, 0.25) is 0 Å². The number of H-pyrrole nitrogens is 1. The number of benzene rings is 1. The van der Waals surface area contributed by atoms with Crippen molar-refractivity contribution in [2.24, 2.45) is 0 Å². The monoisotopic (exact) mass is 271 g/mol. The van der Waals surface area contributed by atoms with Gasteiger partial charge in [0, 0.05) is 18.7 Å². The molecule has 1 heterocycles. The van der Waals surface area contributed by atoms with E-state index in [1.807, 2.05) is 30.3 Å². The van der Waals surface area contributed by atoms with E-state index in [-0.39, 0.29) is 17.3 Å². The molecule has 2 N–H and O–H groups in total. The summed E-state index contributed by atoms with van der Waals surface area (Å²) >= 11 is 0. The molecule has 2 aromatic rings. The molecule has 0 amide bonds. The van der Waals surface area contributed by atoms with Gasteiger partial charge in [-0.1, -0.05) is 30.3 Å². The molecule has 0 saturated heterocycles. The summed E-state index contributed by atoms with van der Waals surface area (Å²) in [6.45, 7) is 0.573. The van der Waals surface area contributed by atoms with E-state index in [2.05, 4.69) is 10.3 Å². The first kappa shape index (κ1) is 12.7. The Morgan fingerprint density at radius 1 is 1.20 bits per heavy atom. The van der Waals surface area contributed by atoms with E-state index in [0.717, 1.165) is 24.8 Å². The molecular formula is C15H17N3O2. The molecule has 0 aliphatic heterocycles. The van der Waals surface area contributed by atoms with Crippen LogP contribution in [0.3, 0.4) is 0 Å². The zero-order valence-corrected chi connectivity index (χ0v) is 11.1. The number of hydrogen-bond acceptors (Lipinski definition) is 3. The summed E-state index contributed by atoms with van der Waals surface area (Å²) in [4.78, 5) is 26.7. The average Bonchev–Trinajstić information content (AvgIpc) is 2.39. The molecule has 1 fully saturated rings. The fourth-order valence-corrected chi connectivity index (χ4v) is 2.38. The number of anilines is 1. The van der Waals surface area contributed by atoms with E-state index < -0.39 is 0 Å². The van der Waals surface area contributed by atoms with Gasteiger partial charge in [-0.3, -0.25) is 14.3 Å². The Morgan fingerprint density at radius 3 is 2.55 bits per heavy atom. The highest BCUT2D eigenvalue weighted by atomic mass is 16.2. The van der Waals surface area contributed by atoms with Crippen molar-refractivity contribution in [3.63, 3.8) is 0 Å². The van der Waals surface area contributed by atoms with Crippen LogP contribution in [0.5, 0.6) is 0 Å². The molecule has 0 spiro atoms. The van der Waals surface area contributed by atoms with Gasteiger partial charge >= 0.3 is 5.69 Å². The first-order chi connectivity index (χ1) is 9.74. The summed E-state index contributed by atoms with van der Waals surface area (Å²) in [6, 6.07) is 11.4. The van der Waals surface area contributed by atoms with Gasteiger partial charge in [-0.05, 0) is 24.8 Å². The van der Waals surface area contributed by atoms with Crippen LogP contribution in [0.4, 0.5) is 5.82 Å². The second-order valence-electron chi connectivity index (χ2n) is 5.12. The van der Waals surface area contributed by atoms with Crippen molar-refractivity contribution in [3.8, 4) is 0 Å². The maximum atomic E-state index is 12.0. The Kier molecular flexibility index (Phi) is 3.41. The number of aromatic amines is 1. The lowest BCUT2D eigenvalue weighted by Crippen LogP contribution is -2.40. The van der Waals surface area contributed by atoms with E-state index in [4.69, 9.17) is 0 Å². The maximum absolute atomic E-state index is 12.0. The van der Waals surface area contributed by atoms with Crippen molar-refractivity contribution in [2.75, 3.05) is 5.32 Å². The molecule has 0 radical (unpaired) electrons. The zero-order chi connectivity index (χ0) is 13.9. The fourth-order valence-electron chi connectivity index (χ4n) is 2.38. The zero-order valence-electron chi connectivity index (χ0n) is 11.1. The van der Waals surface area contributed by atoms with Gasteiger partial charge < -0.3 is 5.32 Å². The second-order valence-corrected chi connectivity index (χ2v) is 5.12. The van der Waals surface area contributed by atoms with E-state index >= 15 is 0 Å². The third kappa shape index (κ3) is 2.52. The molecule has 0 atom stereocenters. The molecule has 1 aromatic carbocycles. The predicted octanol–water partition coefficient (Wildman–Crippen LogP) is 1.87. The Morgan fingerprint density at radius 2 is 1.95 bits per heavy atom.